The molecule has 0 spiro atoms. The van der Waals surface area contributed by atoms with E-state index in [1.165, 1.54) is 54.5 Å². The van der Waals surface area contributed by atoms with E-state index >= 15 is 0 Å². The van der Waals surface area contributed by atoms with E-state index in [0.717, 1.165) is 48.8 Å². The van der Waals surface area contributed by atoms with Gasteiger partial charge >= 0.3 is 0 Å². The molecule has 0 radical (unpaired) electrons. The Kier molecular flexibility index (Phi) is 20.8. The minimum Gasteiger partial charge on any atom is -0.507 e. The predicted octanol–water partition coefficient (Wildman–Crippen LogP) is 12.7. The normalized spacial score (nSPS) is 12.7. The fourth-order valence-electron chi connectivity index (χ4n) is 6.47. The number of aromatic nitrogens is 1. The monoisotopic (exact) mass is 752 g/mol. The van der Waals surface area contributed by atoms with Crippen molar-refractivity contribution in [3.05, 3.63) is 107 Å². The number of benzene rings is 3. The van der Waals surface area contributed by atoms with Gasteiger partial charge in [-0.2, -0.15) is 0 Å². The molecule has 0 aliphatic carbocycles. The zero-order valence-corrected chi connectivity index (χ0v) is 35.6. The lowest BCUT2D eigenvalue weighted by atomic mass is 10.0. The Labute approximate surface area is 332 Å². The van der Waals surface area contributed by atoms with Gasteiger partial charge in [0, 0.05) is 60.1 Å². The van der Waals surface area contributed by atoms with Crippen molar-refractivity contribution in [2.24, 2.45) is 11.8 Å². The minimum absolute atomic E-state index is 0.0543. The van der Waals surface area contributed by atoms with E-state index in [-0.39, 0.29) is 11.5 Å². The van der Waals surface area contributed by atoms with Crippen molar-refractivity contribution in [1.82, 2.24) is 9.47 Å². The average molecular weight is 752 g/mol. The first-order valence-corrected chi connectivity index (χ1v) is 20.3. The summed E-state index contributed by atoms with van der Waals surface area (Å²) in [5.41, 5.74) is 6.44. The van der Waals surface area contributed by atoms with Crippen molar-refractivity contribution in [3.8, 4) is 23.0 Å². The molecule has 0 saturated carbocycles. The molecule has 2 unspecified atom stereocenters. The van der Waals surface area contributed by atoms with Crippen molar-refractivity contribution >= 4 is 28.4 Å². The van der Waals surface area contributed by atoms with Gasteiger partial charge in [-0.1, -0.05) is 85.3 Å². The summed E-state index contributed by atoms with van der Waals surface area (Å²) in [7, 11) is 1.74. The van der Waals surface area contributed by atoms with Gasteiger partial charge < -0.3 is 29.7 Å². The molecule has 0 aliphatic rings. The van der Waals surface area contributed by atoms with Gasteiger partial charge in [0.25, 0.3) is 0 Å². The van der Waals surface area contributed by atoms with Crippen molar-refractivity contribution in [1.29, 1.82) is 0 Å². The largest absolute Gasteiger partial charge is 0.507 e. The number of aromatic hydroxyl groups is 2. The van der Waals surface area contributed by atoms with Crippen LogP contribution in [0.2, 0.25) is 0 Å². The van der Waals surface area contributed by atoms with Crippen molar-refractivity contribution in [3.63, 3.8) is 0 Å². The maximum Gasteiger partial charge on any atom is 0.150 e. The fraction of sp³-hybridized carbons (Fsp3) is 0.438. The van der Waals surface area contributed by atoms with Gasteiger partial charge in [-0.3, -0.25) is 4.79 Å². The van der Waals surface area contributed by atoms with E-state index in [4.69, 9.17) is 4.74 Å². The van der Waals surface area contributed by atoms with Gasteiger partial charge in [0.1, 0.15) is 29.3 Å². The van der Waals surface area contributed by atoms with Gasteiger partial charge in [-0.25, -0.2) is 0 Å². The van der Waals surface area contributed by atoms with Crippen LogP contribution in [-0.2, 0) is 6.54 Å². The lowest BCUT2D eigenvalue weighted by Crippen LogP contribution is -2.32. The summed E-state index contributed by atoms with van der Waals surface area (Å²) >= 11 is 0. The van der Waals surface area contributed by atoms with Crippen molar-refractivity contribution in [2.75, 3.05) is 32.0 Å². The lowest BCUT2D eigenvalue weighted by molar-refractivity contribution is 0.112. The third-order valence-corrected chi connectivity index (χ3v) is 9.77. The second-order valence-electron chi connectivity index (χ2n) is 14.1. The number of aryl methyl sites for hydroxylation is 1. The highest BCUT2D eigenvalue weighted by molar-refractivity contribution is 5.87. The molecule has 0 fully saturated rings. The number of ether oxygens (including phenoxy) is 1. The number of hydrogen-bond donors (Lipinski definition) is 3. The summed E-state index contributed by atoms with van der Waals surface area (Å²) in [4.78, 5) is 13.5. The summed E-state index contributed by atoms with van der Waals surface area (Å²) in [6, 6.07) is 16.8. The van der Waals surface area contributed by atoms with Crippen molar-refractivity contribution in [2.45, 2.75) is 101 Å². The molecule has 0 bridgehead atoms. The number of anilines is 1. The van der Waals surface area contributed by atoms with E-state index in [1.807, 2.05) is 69.4 Å². The molecule has 4 rings (SSSR count). The number of aldehydes is 1. The van der Waals surface area contributed by atoms with Crippen LogP contribution in [0.25, 0.3) is 16.5 Å². The SMILES string of the molecule is CC.CCCN(CCC(C)CC)CC(C)Cn1c(C)c(C)c2cc(Oc3ccc(C=O)cc3)ccc21.C\C=C/C(=C\C=C\CC)c1c(O)cc(NC)cc1O. The van der Waals surface area contributed by atoms with Crippen LogP contribution in [0, 0.1) is 25.7 Å². The number of rotatable bonds is 18. The molecule has 4 aromatic rings. The zero-order valence-electron chi connectivity index (χ0n) is 35.6. The Balaban J connectivity index is 0.000000422. The third kappa shape index (κ3) is 14.1. The van der Waals surface area contributed by atoms with Crippen LogP contribution in [0.5, 0.6) is 23.0 Å². The van der Waals surface area contributed by atoms with E-state index in [9.17, 15) is 15.0 Å². The van der Waals surface area contributed by atoms with E-state index < -0.39 is 0 Å². The number of carbonyl (C=O) groups excluding carboxylic acids is 1. The van der Waals surface area contributed by atoms with Gasteiger partial charge in [-0.15, -0.1) is 0 Å². The first-order valence-electron chi connectivity index (χ1n) is 20.3. The van der Waals surface area contributed by atoms with E-state index in [2.05, 4.69) is 75.4 Å². The van der Waals surface area contributed by atoms with Gasteiger partial charge in [0.05, 0.1) is 5.56 Å². The summed E-state index contributed by atoms with van der Waals surface area (Å²) in [5.74, 6) is 3.04. The second kappa shape index (κ2) is 24.6. The van der Waals surface area contributed by atoms with Crippen LogP contribution in [0.1, 0.15) is 108 Å². The first kappa shape index (κ1) is 46.4. The number of phenols is 2. The van der Waals surface area contributed by atoms with Gasteiger partial charge in [0.15, 0.2) is 0 Å². The highest BCUT2D eigenvalue weighted by Crippen LogP contribution is 2.37. The van der Waals surface area contributed by atoms with Crippen LogP contribution in [0.3, 0.4) is 0 Å². The molecule has 1 aromatic heterocycles. The van der Waals surface area contributed by atoms with Crippen LogP contribution in [0.4, 0.5) is 5.69 Å². The Morgan fingerprint density at radius 3 is 2.15 bits per heavy atom. The molecule has 300 valence electrons. The number of hydrogen-bond acceptors (Lipinski definition) is 6. The number of phenolic OH excluding ortho intramolecular Hbond substituents is 2. The molecule has 0 amide bonds. The molecule has 1 heterocycles. The van der Waals surface area contributed by atoms with Gasteiger partial charge in [-0.05, 0) is 119 Å². The topological polar surface area (TPSA) is 87.0 Å². The maximum atomic E-state index is 10.9. The molecule has 0 aliphatic heterocycles. The van der Waals surface area contributed by atoms with Crippen LogP contribution < -0.4 is 10.1 Å². The molecule has 3 N–H and O–H groups in total. The highest BCUT2D eigenvalue weighted by atomic mass is 16.5. The second-order valence-corrected chi connectivity index (χ2v) is 14.1. The number of nitrogens with one attached hydrogen (secondary N) is 1. The first-order chi connectivity index (χ1) is 26.5. The number of allylic oxidation sites excluding steroid dienone is 6. The average Bonchev–Trinajstić information content (AvgIpc) is 3.41. The molecular formula is C48H69N3O4. The zero-order chi connectivity index (χ0) is 40.9. The number of fused-ring (bicyclic) bond motifs is 1. The third-order valence-electron chi connectivity index (χ3n) is 9.77. The Morgan fingerprint density at radius 2 is 1.58 bits per heavy atom. The van der Waals surface area contributed by atoms with E-state index in [1.54, 1.807) is 31.3 Å². The van der Waals surface area contributed by atoms with Crippen LogP contribution >= 0.6 is 0 Å². The fourth-order valence-corrected chi connectivity index (χ4v) is 6.47. The number of carbonyl (C=O) groups is 1. The molecule has 2 atom stereocenters. The summed E-state index contributed by atoms with van der Waals surface area (Å²) in [5, 5.41) is 24.2. The predicted molar refractivity (Wildman–Crippen MR) is 236 cm³/mol. The van der Waals surface area contributed by atoms with Gasteiger partial charge in [0.2, 0.25) is 0 Å². The van der Waals surface area contributed by atoms with E-state index in [0.29, 0.717) is 22.7 Å². The minimum atomic E-state index is 0.0543. The maximum absolute atomic E-state index is 10.9. The summed E-state index contributed by atoms with van der Waals surface area (Å²) in [6.45, 7) is 26.2. The molecule has 7 nitrogen and oxygen atoms in total. The Hall–Kier alpha value is -4.75. The molecule has 3 aromatic carbocycles. The molecule has 0 saturated heterocycles. The molecule has 7 heteroatoms. The quantitative estimate of drug-likeness (QED) is 0.0693. The summed E-state index contributed by atoms with van der Waals surface area (Å²) < 4.78 is 8.56. The summed E-state index contributed by atoms with van der Waals surface area (Å²) in [6.07, 6.45) is 15.1. The molecule has 55 heavy (non-hydrogen) atoms. The van der Waals surface area contributed by atoms with Crippen LogP contribution in [-0.4, -0.2) is 52.6 Å². The van der Waals surface area contributed by atoms with Crippen LogP contribution in [0.15, 0.2) is 85.0 Å². The lowest BCUT2D eigenvalue weighted by Gasteiger charge is -2.27. The smallest absolute Gasteiger partial charge is 0.150 e. The Bertz CT molecular complexity index is 1810. The Morgan fingerprint density at radius 1 is 0.927 bits per heavy atom. The molecular weight excluding hydrogens is 683 g/mol. The highest BCUT2D eigenvalue weighted by Gasteiger charge is 2.17. The number of nitrogens with zero attached hydrogens (tertiary/aromatic N) is 2. The van der Waals surface area contributed by atoms with Crippen molar-refractivity contribution < 1.29 is 19.7 Å². The standard InChI is InChI=1S/C30H42N2O2.C16H21NO2.C2H6/c1-7-16-31(17-15-22(3)8-2)19-23(4)20-32-25(6)24(5)29-18-28(13-14-30(29)32)34-27-11-9-26(21-33)10-12-27;1-4-6-7-9-12(8-5-2)16-14(18)10-13(17-3)11-15(16)19;1-2/h9-14,18,21-23H,7-8,15-17,19-20H2,1-6H3;5-11,17-19H,4H2,1-3H3;1-2H3/b;7-6+,8-5-,12-9+;.